The molecular formula is C16H18O2S. The zero-order valence-corrected chi connectivity index (χ0v) is 12.3. The van der Waals surface area contributed by atoms with Crippen molar-refractivity contribution in [3.63, 3.8) is 0 Å². The molecule has 0 aliphatic rings. The van der Waals surface area contributed by atoms with Crippen LogP contribution in [0, 0.1) is 13.8 Å². The monoisotopic (exact) mass is 274 g/mol. The van der Waals surface area contributed by atoms with E-state index in [-0.39, 0.29) is 11.0 Å². The van der Waals surface area contributed by atoms with E-state index in [1.165, 1.54) is 0 Å². The summed E-state index contributed by atoms with van der Waals surface area (Å²) in [7, 11) is 0. The molecule has 2 aromatic rings. The molecule has 2 rings (SSSR count). The van der Waals surface area contributed by atoms with Crippen LogP contribution in [0.3, 0.4) is 0 Å². The summed E-state index contributed by atoms with van der Waals surface area (Å²) in [5.74, 6) is 1.83. The summed E-state index contributed by atoms with van der Waals surface area (Å²) in [5, 5.41) is -0.0643. The normalized spacial score (nSPS) is 12.4. The molecule has 1 heterocycles. The lowest BCUT2D eigenvalue weighted by atomic mass is 10.0. The minimum atomic E-state index is -0.0643. The molecule has 1 unspecified atom stereocenters. The Kier molecular flexibility index (Phi) is 4.48. The maximum atomic E-state index is 12.4. The van der Waals surface area contributed by atoms with Crippen LogP contribution in [0.15, 0.2) is 41.0 Å². The molecule has 0 aliphatic carbocycles. The SMILES string of the molecule is Cc1ccc(C)c(C(=O)C(C)SCc2ccco2)c1. The molecule has 0 amide bonds. The molecule has 2 nitrogen and oxygen atoms in total. The molecule has 0 fully saturated rings. The van der Waals surface area contributed by atoms with Crippen LogP contribution < -0.4 is 0 Å². The van der Waals surface area contributed by atoms with Crippen LogP contribution in [0.4, 0.5) is 0 Å². The Morgan fingerprint density at radius 1 is 1.32 bits per heavy atom. The number of thioether (sulfide) groups is 1. The van der Waals surface area contributed by atoms with E-state index in [0.29, 0.717) is 0 Å². The van der Waals surface area contributed by atoms with E-state index in [1.54, 1.807) is 18.0 Å². The minimum absolute atomic E-state index is 0.0643. The van der Waals surface area contributed by atoms with Crippen LogP contribution in [-0.4, -0.2) is 11.0 Å². The van der Waals surface area contributed by atoms with Crippen LogP contribution in [0.1, 0.15) is 34.2 Å². The van der Waals surface area contributed by atoms with E-state index in [4.69, 9.17) is 4.42 Å². The highest BCUT2D eigenvalue weighted by atomic mass is 32.2. The van der Waals surface area contributed by atoms with Gasteiger partial charge < -0.3 is 4.42 Å². The van der Waals surface area contributed by atoms with E-state index in [9.17, 15) is 4.79 Å². The third-order valence-electron chi connectivity index (χ3n) is 3.08. The molecule has 0 saturated heterocycles. The first-order chi connectivity index (χ1) is 9.08. The third-order valence-corrected chi connectivity index (χ3v) is 4.25. The Bertz CT molecular complexity index is 558. The van der Waals surface area contributed by atoms with Crippen molar-refractivity contribution in [2.24, 2.45) is 0 Å². The molecule has 1 aromatic carbocycles. The van der Waals surface area contributed by atoms with Gasteiger partial charge in [0.2, 0.25) is 0 Å². The fourth-order valence-electron chi connectivity index (χ4n) is 1.90. The van der Waals surface area contributed by atoms with Gasteiger partial charge in [0.25, 0.3) is 0 Å². The summed E-state index contributed by atoms with van der Waals surface area (Å²) in [6.07, 6.45) is 1.66. The number of hydrogen-bond donors (Lipinski definition) is 0. The first-order valence-corrected chi connectivity index (χ1v) is 7.38. The predicted octanol–water partition coefficient (Wildman–Crippen LogP) is 4.40. The molecular weight excluding hydrogens is 256 g/mol. The van der Waals surface area contributed by atoms with E-state index in [2.05, 4.69) is 0 Å². The number of furan rings is 1. The van der Waals surface area contributed by atoms with Gasteiger partial charge in [0, 0.05) is 5.56 Å². The molecule has 1 atom stereocenters. The van der Waals surface area contributed by atoms with Crippen molar-refractivity contribution in [1.82, 2.24) is 0 Å². The summed E-state index contributed by atoms with van der Waals surface area (Å²) in [6, 6.07) is 9.82. The highest BCUT2D eigenvalue weighted by molar-refractivity contribution is 7.99. The molecule has 0 N–H and O–H groups in total. The number of carbonyl (C=O) groups is 1. The van der Waals surface area contributed by atoms with Crippen molar-refractivity contribution in [3.8, 4) is 0 Å². The first kappa shape index (κ1) is 13.9. The van der Waals surface area contributed by atoms with Gasteiger partial charge in [-0.2, -0.15) is 0 Å². The highest BCUT2D eigenvalue weighted by Crippen LogP contribution is 2.23. The van der Waals surface area contributed by atoms with Gasteiger partial charge in [-0.3, -0.25) is 4.79 Å². The fraction of sp³-hybridized carbons (Fsp3) is 0.312. The maximum Gasteiger partial charge on any atom is 0.175 e. The zero-order valence-electron chi connectivity index (χ0n) is 11.5. The second-order valence-corrected chi connectivity index (χ2v) is 6.04. The molecule has 0 bridgehead atoms. The second-order valence-electron chi connectivity index (χ2n) is 4.72. The van der Waals surface area contributed by atoms with Crippen molar-refractivity contribution < 1.29 is 9.21 Å². The summed E-state index contributed by atoms with van der Waals surface area (Å²) in [6.45, 7) is 5.95. The fourth-order valence-corrected chi connectivity index (χ4v) is 2.75. The van der Waals surface area contributed by atoms with E-state index in [1.807, 2.05) is 51.1 Å². The quantitative estimate of drug-likeness (QED) is 0.757. The number of ketones is 1. The molecule has 0 radical (unpaired) electrons. The van der Waals surface area contributed by atoms with Gasteiger partial charge in [-0.15, -0.1) is 11.8 Å². The van der Waals surface area contributed by atoms with Crippen LogP contribution in [0.25, 0.3) is 0 Å². The molecule has 0 saturated carbocycles. The number of Topliss-reactive ketones (excluding diaryl/α,β-unsaturated/α-hetero) is 1. The molecule has 19 heavy (non-hydrogen) atoms. The average molecular weight is 274 g/mol. The van der Waals surface area contributed by atoms with Gasteiger partial charge in [-0.25, -0.2) is 0 Å². The molecule has 0 spiro atoms. The summed E-state index contributed by atoms with van der Waals surface area (Å²) >= 11 is 1.61. The topological polar surface area (TPSA) is 30.2 Å². The van der Waals surface area contributed by atoms with Crippen LogP contribution in [-0.2, 0) is 5.75 Å². The largest absolute Gasteiger partial charge is 0.468 e. The van der Waals surface area contributed by atoms with Crippen LogP contribution >= 0.6 is 11.8 Å². The first-order valence-electron chi connectivity index (χ1n) is 6.33. The van der Waals surface area contributed by atoms with Gasteiger partial charge >= 0.3 is 0 Å². The smallest absolute Gasteiger partial charge is 0.175 e. The standard InChI is InChI=1S/C16H18O2S/c1-11-6-7-12(2)15(9-11)16(17)13(3)19-10-14-5-4-8-18-14/h4-9,13H,10H2,1-3H3. The number of benzene rings is 1. The number of rotatable bonds is 5. The molecule has 1 aromatic heterocycles. The Labute approximate surface area is 118 Å². The van der Waals surface area contributed by atoms with Crippen LogP contribution in [0.5, 0.6) is 0 Å². The van der Waals surface area contributed by atoms with Crippen molar-refractivity contribution in [1.29, 1.82) is 0 Å². The Morgan fingerprint density at radius 2 is 2.11 bits per heavy atom. The molecule has 100 valence electrons. The molecule has 0 aliphatic heterocycles. The Balaban J connectivity index is 2.04. The maximum absolute atomic E-state index is 12.4. The van der Waals surface area contributed by atoms with Crippen molar-refractivity contribution in [2.45, 2.75) is 31.8 Å². The minimum Gasteiger partial charge on any atom is -0.468 e. The number of aryl methyl sites for hydroxylation is 2. The van der Waals surface area contributed by atoms with Crippen molar-refractivity contribution in [2.75, 3.05) is 0 Å². The van der Waals surface area contributed by atoms with Gasteiger partial charge in [0.15, 0.2) is 5.78 Å². The van der Waals surface area contributed by atoms with E-state index >= 15 is 0 Å². The second kappa shape index (κ2) is 6.11. The summed E-state index contributed by atoms with van der Waals surface area (Å²) in [5.41, 5.74) is 3.00. The lowest BCUT2D eigenvalue weighted by Gasteiger charge is -2.12. The van der Waals surface area contributed by atoms with E-state index in [0.717, 1.165) is 28.2 Å². The lowest BCUT2D eigenvalue weighted by Crippen LogP contribution is -2.15. The van der Waals surface area contributed by atoms with Gasteiger partial charge in [0.05, 0.1) is 17.3 Å². The lowest BCUT2D eigenvalue weighted by molar-refractivity contribution is 0.0993. The zero-order chi connectivity index (χ0) is 13.8. The number of carbonyl (C=O) groups excluding carboxylic acids is 1. The third kappa shape index (κ3) is 3.51. The Hall–Kier alpha value is -1.48. The Morgan fingerprint density at radius 3 is 2.79 bits per heavy atom. The predicted molar refractivity (Wildman–Crippen MR) is 79.7 cm³/mol. The van der Waals surface area contributed by atoms with Crippen LogP contribution in [0.2, 0.25) is 0 Å². The van der Waals surface area contributed by atoms with Gasteiger partial charge in [-0.1, -0.05) is 17.7 Å². The summed E-state index contributed by atoms with van der Waals surface area (Å²) < 4.78 is 5.28. The van der Waals surface area contributed by atoms with Crippen molar-refractivity contribution in [3.05, 3.63) is 59.0 Å². The highest BCUT2D eigenvalue weighted by Gasteiger charge is 2.18. The van der Waals surface area contributed by atoms with Gasteiger partial charge in [0.1, 0.15) is 5.76 Å². The number of hydrogen-bond acceptors (Lipinski definition) is 3. The average Bonchev–Trinajstić information content (AvgIpc) is 2.91. The summed E-state index contributed by atoms with van der Waals surface area (Å²) in [4.78, 5) is 12.4. The molecule has 3 heteroatoms. The van der Waals surface area contributed by atoms with Gasteiger partial charge in [-0.05, 0) is 44.5 Å². The van der Waals surface area contributed by atoms with Crippen molar-refractivity contribution >= 4 is 17.5 Å². The van der Waals surface area contributed by atoms with E-state index < -0.39 is 0 Å².